The van der Waals surface area contributed by atoms with Crippen molar-refractivity contribution in [3.8, 4) is 0 Å². The van der Waals surface area contributed by atoms with Gasteiger partial charge >= 0.3 is 5.97 Å². The smallest absolute Gasteiger partial charge is 0.337 e. The fourth-order valence-corrected chi connectivity index (χ4v) is 15.2. The summed E-state index contributed by atoms with van der Waals surface area (Å²) >= 11 is 0. The summed E-state index contributed by atoms with van der Waals surface area (Å²) in [5.74, 6) is 3.00. The van der Waals surface area contributed by atoms with Gasteiger partial charge in [-0.05, 0) is 140 Å². The first-order chi connectivity index (χ1) is 23.5. The second kappa shape index (κ2) is 12.7. The molecule has 9 atom stereocenters. The maximum atomic E-state index is 12.1. The number of ether oxygens (including phenoxy) is 1. The van der Waals surface area contributed by atoms with E-state index in [1.807, 2.05) is 12.1 Å². The Morgan fingerprint density at radius 1 is 0.900 bits per heavy atom. The highest BCUT2D eigenvalue weighted by Gasteiger charge is 2.70. The molecule has 5 aliphatic carbocycles. The largest absolute Gasteiger partial charge is 0.465 e. The molecule has 7 nitrogen and oxygen atoms in total. The molecule has 278 valence electrons. The highest BCUT2D eigenvalue weighted by atomic mass is 32.2. The van der Waals surface area contributed by atoms with Crippen LogP contribution in [0, 0.1) is 45.3 Å². The minimum absolute atomic E-state index is 0.0461. The summed E-state index contributed by atoms with van der Waals surface area (Å²) in [7, 11) is 3.22. The molecule has 7 rings (SSSR count). The van der Waals surface area contributed by atoms with Gasteiger partial charge in [0.2, 0.25) is 0 Å². The lowest BCUT2D eigenvalue weighted by molar-refractivity contribution is -0.220. The molecule has 0 bridgehead atoms. The van der Waals surface area contributed by atoms with Crippen LogP contribution in [-0.4, -0.2) is 94.7 Å². The molecular weight excluding hydrogens is 643 g/mol. The fraction of sp³-hybridized carbons (Fsp3) is 0.786. The number of allylic oxidation sites excluding steroid dienone is 2. The lowest BCUT2D eigenvalue weighted by Gasteiger charge is -2.72. The summed E-state index contributed by atoms with van der Waals surface area (Å²) in [5.41, 5.74) is 4.38. The maximum Gasteiger partial charge on any atom is 0.337 e. The van der Waals surface area contributed by atoms with Gasteiger partial charge in [0.1, 0.15) is 0 Å². The van der Waals surface area contributed by atoms with Crippen molar-refractivity contribution in [3.63, 3.8) is 0 Å². The second-order valence-corrected chi connectivity index (χ2v) is 21.3. The highest BCUT2D eigenvalue weighted by molar-refractivity contribution is 7.91. The Labute approximate surface area is 303 Å². The van der Waals surface area contributed by atoms with Crippen molar-refractivity contribution in [2.75, 3.05) is 58.9 Å². The van der Waals surface area contributed by atoms with Crippen molar-refractivity contribution in [1.82, 2.24) is 15.1 Å². The van der Waals surface area contributed by atoms with Crippen molar-refractivity contribution in [2.45, 2.75) is 104 Å². The minimum Gasteiger partial charge on any atom is -0.465 e. The Kier molecular flexibility index (Phi) is 9.29. The summed E-state index contributed by atoms with van der Waals surface area (Å²) in [6.45, 7) is 16.4. The van der Waals surface area contributed by atoms with Crippen LogP contribution >= 0.6 is 0 Å². The lowest BCUT2D eigenvalue weighted by atomic mass is 9.33. The van der Waals surface area contributed by atoms with E-state index in [9.17, 15) is 13.2 Å². The number of sulfone groups is 1. The van der Waals surface area contributed by atoms with Gasteiger partial charge in [0.25, 0.3) is 0 Å². The number of carbonyl (C=O) groups excluding carboxylic acids is 1. The molecule has 0 spiro atoms. The number of esters is 1. The molecule has 1 aliphatic heterocycles. The van der Waals surface area contributed by atoms with Gasteiger partial charge in [0, 0.05) is 37.8 Å². The van der Waals surface area contributed by atoms with E-state index in [1.54, 1.807) is 0 Å². The van der Waals surface area contributed by atoms with Gasteiger partial charge in [0.05, 0.1) is 24.2 Å². The van der Waals surface area contributed by atoms with E-state index in [4.69, 9.17) is 4.74 Å². The van der Waals surface area contributed by atoms with E-state index < -0.39 is 9.84 Å². The number of nitrogens with zero attached hydrogens (tertiary/aromatic N) is 2. The number of rotatable bonds is 7. The summed E-state index contributed by atoms with van der Waals surface area (Å²) in [5, 5.41) is 4.23. The Bertz CT molecular complexity index is 1590. The van der Waals surface area contributed by atoms with E-state index in [0.717, 1.165) is 19.5 Å². The Morgan fingerprint density at radius 2 is 1.60 bits per heavy atom. The van der Waals surface area contributed by atoms with E-state index in [0.29, 0.717) is 70.7 Å². The molecule has 0 amide bonds. The summed E-state index contributed by atoms with van der Waals surface area (Å²) in [4.78, 5) is 17.1. The van der Waals surface area contributed by atoms with Crippen LogP contribution < -0.4 is 5.32 Å². The molecule has 4 saturated carbocycles. The molecule has 1 N–H and O–H groups in total. The van der Waals surface area contributed by atoms with Crippen LogP contribution in [0.15, 0.2) is 30.3 Å². The minimum atomic E-state index is -2.85. The number of benzene rings is 1. The van der Waals surface area contributed by atoms with E-state index in [1.165, 1.54) is 69.6 Å². The number of hydrogen-bond acceptors (Lipinski definition) is 7. The standard InChI is InChI=1S/C42H65N3O4S/c1-38(2)31(29-9-11-30(12-10-29)37(46)49-8)15-18-39(3)34(38)17-19-41(5)35(39)14-13-32-36-33(44(6)7)16-20-42(36,22-21-40(32,41)4)43-23-24-45-25-27-50(47,48)28-26-45/h9-12,15,32-36,43H,13-14,16-28H2,1-8H3. The van der Waals surface area contributed by atoms with Gasteiger partial charge in [-0.15, -0.1) is 0 Å². The average molecular weight is 708 g/mol. The molecule has 0 radical (unpaired) electrons. The van der Waals surface area contributed by atoms with E-state index >= 15 is 0 Å². The molecule has 1 heterocycles. The molecule has 1 aromatic rings. The zero-order chi connectivity index (χ0) is 35.9. The van der Waals surface area contributed by atoms with Crippen LogP contribution in [0.25, 0.3) is 5.57 Å². The number of methoxy groups -OCH3 is 1. The molecular formula is C42H65N3O4S. The number of fused-ring (bicyclic) bond motifs is 7. The molecule has 1 aromatic carbocycles. The van der Waals surface area contributed by atoms with Crippen molar-refractivity contribution < 1.29 is 17.9 Å². The van der Waals surface area contributed by atoms with Crippen molar-refractivity contribution >= 4 is 21.4 Å². The third kappa shape index (κ3) is 5.58. The Morgan fingerprint density at radius 3 is 2.26 bits per heavy atom. The van der Waals surface area contributed by atoms with Gasteiger partial charge < -0.3 is 19.9 Å². The van der Waals surface area contributed by atoms with E-state index in [-0.39, 0.29) is 22.3 Å². The quantitative estimate of drug-likeness (QED) is 0.308. The lowest BCUT2D eigenvalue weighted by Crippen LogP contribution is -2.69. The van der Waals surface area contributed by atoms with Crippen LogP contribution in [0.5, 0.6) is 0 Å². The van der Waals surface area contributed by atoms with Gasteiger partial charge in [-0.3, -0.25) is 0 Å². The molecule has 9 unspecified atom stereocenters. The fourth-order valence-electron chi connectivity index (χ4n) is 13.9. The first kappa shape index (κ1) is 36.6. The van der Waals surface area contributed by atoms with Gasteiger partial charge in [-0.25, -0.2) is 13.2 Å². The van der Waals surface area contributed by atoms with Crippen molar-refractivity contribution in [1.29, 1.82) is 0 Å². The topological polar surface area (TPSA) is 79.0 Å². The normalized spacial score (nSPS) is 42.1. The zero-order valence-corrected chi connectivity index (χ0v) is 33.1. The highest BCUT2D eigenvalue weighted by Crippen LogP contribution is 2.76. The first-order valence-electron chi connectivity index (χ1n) is 19.7. The average Bonchev–Trinajstić information content (AvgIpc) is 3.45. The molecule has 8 heteroatoms. The zero-order valence-electron chi connectivity index (χ0n) is 32.3. The van der Waals surface area contributed by atoms with Gasteiger partial charge in [-0.1, -0.05) is 52.8 Å². The summed E-state index contributed by atoms with van der Waals surface area (Å²) < 4.78 is 29.0. The molecule has 0 aromatic heterocycles. The summed E-state index contributed by atoms with van der Waals surface area (Å²) in [6, 6.07) is 8.71. The predicted molar refractivity (Wildman–Crippen MR) is 203 cm³/mol. The third-order valence-corrected chi connectivity index (χ3v) is 18.2. The van der Waals surface area contributed by atoms with Crippen LogP contribution in [0.4, 0.5) is 0 Å². The van der Waals surface area contributed by atoms with Crippen LogP contribution in [0.3, 0.4) is 0 Å². The number of carbonyl (C=O) groups is 1. The monoisotopic (exact) mass is 707 g/mol. The SMILES string of the molecule is COC(=O)c1ccc(C2=CCC3(C)C(CCC4(C)C3CCC3C5C(N(C)C)CCC5(NCCN5CCS(=O)(=O)CC5)CCC34C)C2(C)C)cc1. The first-order valence-corrected chi connectivity index (χ1v) is 21.6. The molecule has 5 fully saturated rings. The predicted octanol–water partition coefficient (Wildman–Crippen LogP) is 6.93. The molecule has 6 aliphatic rings. The molecule has 50 heavy (non-hydrogen) atoms. The van der Waals surface area contributed by atoms with Crippen LogP contribution in [0.2, 0.25) is 0 Å². The second-order valence-electron chi connectivity index (χ2n) is 19.0. The maximum absolute atomic E-state index is 12.1. The van der Waals surface area contributed by atoms with Crippen molar-refractivity contribution in [3.05, 3.63) is 41.5 Å². The Balaban J connectivity index is 1.14. The number of nitrogens with one attached hydrogen (secondary N) is 1. The number of hydrogen-bond donors (Lipinski definition) is 1. The van der Waals surface area contributed by atoms with Crippen LogP contribution in [-0.2, 0) is 14.6 Å². The molecule has 1 saturated heterocycles. The van der Waals surface area contributed by atoms with Crippen molar-refractivity contribution in [2.24, 2.45) is 45.3 Å². The van der Waals surface area contributed by atoms with Crippen LogP contribution in [0.1, 0.15) is 108 Å². The Hall–Kier alpha value is -1.74. The third-order valence-electron chi connectivity index (χ3n) is 16.6. The van der Waals surface area contributed by atoms with E-state index in [2.05, 4.69) is 82.0 Å². The van der Waals surface area contributed by atoms with Gasteiger partial charge in [0.15, 0.2) is 9.84 Å². The van der Waals surface area contributed by atoms with Gasteiger partial charge in [-0.2, -0.15) is 0 Å². The summed E-state index contributed by atoms with van der Waals surface area (Å²) in [6.07, 6.45) is 14.0.